The van der Waals surface area contributed by atoms with Crippen LogP contribution in [0.1, 0.15) is 44.7 Å². The third kappa shape index (κ3) is 2.62. The molecule has 0 saturated carbocycles. The summed E-state index contributed by atoms with van der Waals surface area (Å²) in [4.78, 5) is 17.4. The van der Waals surface area contributed by atoms with Gasteiger partial charge in [0.05, 0.1) is 24.0 Å². The predicted octanol–water partition coefficient (Wildman–Crippen LogP) is 1.61. The lowest BCUT2D eigenvalue weighted by Crippen LogP contribution is -2.30. The van der Waals surface area contributed by atoms with Gasteiger partial charge < -0.3 is 5.11 Å². The van der Waals surface area contributed by atoms with E-state index in [1.54, 1.807) is 17.1 Å². The second-order valence-electron chi connectivity index (χ2n) is 6.94. The highest BCUT2D eigenvalue weighted by Crippen LogP contribution is 2.27. The van der Waals surface area contributed by atoms with Crippen LogP contribution in [0.15, 0.2) is 23.4 Å². The summed E-state index contributed by atoms with van der Waals surface area (Å²) in [5, 5.41) is 25.9. The molecular formula is C17H20N6O2. The van der Waals surface area contributed by atoms with Gasteiger partial charge in [-0.2, -0.15) is 10.4 Å². The number of nitrogens with one attached hydrogen (secondary N) is 1. The number of aliphatic hydroxyl groups excluding tert-OH is 1. The zero-order valence-corrected chi connectivity index (χ0v) is 14.6. The summed E-state index contributed by atoms with van der Waals surface area (Å²) in [6.07, 6.45) is 4.86. The summed E-state index contributed by atoms with van der Waals surface area (Å²) in [6.45, 7) is 7.49. The Morgan fingerprint density at radius 2 is 2.16 bits per heavy atom. The van der Waals surface area contributed by atoms with E-state index in [1.165, 1.54) is 10.7 Å². The number of aromatic amines is 1. The van der Waals surface area contributed by atoms with Crippen molar-refractivity contribution in [1.29, 1.82) is 5.26 Å². The van der Waals surface area contributed by atoms with Gasteiger partial charge in [0.1, 0.15) is 11.6 Å². The van der Waals surface area contributed by atoms with E-state index >= 15 is 0 Å². The minimum absolute atomic E-state index is 0.0602. The molecule has 3 aromatic rings. The van der Waals surface area contributed by atoms with Crippen molar-refractivity contribution >= 4 is 5.65 Å². The summed E-state index contributed by atoms with van der Waals surface area (Å²) < 4.78 is 2.94. The molecule has 0 radical (unpaired) electrons. The van der Waals surface area contributed by atoms with Crippen molar-refractivity contribution in [1.82, 2.24) is 24.4 Å². The molecule has 3 aromatic heterocycles. The number of rotatable bonds is 4. The quantitative estimate of drug-likeness (QED) is 0.749. The van der Waals surface area contributed by atoms with Crippen LogP contribution in [0.5, 0.6) is 0 Å². The van der Waals surface area contributed by atoms with Crippen LogP contribution >= 0.6 is 0 Å². The predicted molar refractivity (Wildman–Crippen MR) is 92.2 cm³/mol. The third-order valence-electron chi connectivity index (χ3n) is 4.26. The second-order valence-corrected chi connectivity index (χ2v) is 6.94. The number of hydrogen-bond donors (Lipinski definition) is 2. The molecule has 0 aliphatic carbocycles. The van der Waals surface area contributed by atoms with Gasteiger partial charge >= 0.3 is 0 Å². The van der Waals surface area contributed by atoms with Crippen LogP contribution in [0.3, 0.4) is 0 Å². The molecule has 0 aliphatic rings. The molecule has 0 saturated heterocycles. The van der Waals surface area contributed by atoms with Gasteiger partial charge in [0.2, 0.25) is 0 Å². The molecule has 8 heteroatoms. The minimum atomic E-state index is -0.568. The van der Waals surface area contributed by atoms with E-state index in [-0.39, 0.29) is 18.1 Å². The van der Waals surface area contributed by atoms with Gasteiger partial charge in [-0.1, -0.05) is 13.8 Å². The molecule has 8 nitrogen and oxygen atoms in total. The lowest BCUT2D eigenvalue weighted by Gasteiger charge is -2.22. The van der Waals surface area contributed by atoms with Crippen molar-refractivity contribution in [3.05, 3.63) is 40.1 Å². The summed E-state index contributed by atoms with van der Waals surface area (Å²) in [5.41, 5.74) is 1.53. The Labute approximate surface area is 144 Å². The van der Waals surface area contributed by atoms with Crippen LogP contribution in [0.4, 0.5) is 0 Å². The van der Waals surface area contributed by atoms with E-state index in [2.05, 4.69) is 15.2 Å². The Morgan fingerprint density at radius 1 is 1.44 bits per heavy atom. The summed E-state index contributed by atoms with van der Waals surface area (Å²) in [5.74, 6) is -0.0602. The smallest absolute Gasteiger partial charge is 0.276 e. The fraction of sp³-hybridized carbons (Fsp3) is 0.412. The molecule has 0 fully saturated rings. The van der Waals surface area contributed by atoms with Crippen LogP contribution in [-0.2, 0) is 5.54 Å². The maximum atomic E-state index is 12.9. The Balaban J connectivity index is 2.30. The topological polar surface area (TPSA) is 112 Å². The molecule has 0 unspecified atom stereocenters. The van der Waals surface area contributed by atoms with Crippen molar-refractivity contribution in [2.24, 2.45) is 0 Å². The molecule has 0 atom stereocenters. The first-order chi connectivity index (χ1) is 11.8. The molecular weight excluding hydrogens is 320 g/mol. The van der Waals surface area contributed by atoms with Crippen LogP contribution in [0, 0.1) is 11.3 Å². The van der Waals surface area contributed by atoms with Gasteiger partial charge in [-0.15, -0.1) is 0 Å². The minimum Gasteiger partial charge on any atom is -0.394 e. The van der Waals surface area contributed by atoms with Crippen molar-refractivity contribution in [3.63, 3.8) is 0 Å². The van der Waals surface area contributed by atoms with Gasteiger partial charge in [0, 0.05) is 23.5 Å². The maximum absolute atomic E-state index is 12.9. The van der Waals surface area contributed by atoms with Crippen molar-refractivity contribution < 1.29 is 5.11 Å². The highest BCUT2D eigenvalue weighted by Gasteiger charge is 2.24. The fourth-order valence-electron chi connectivity index (χ4n) is 2.70. The number of hydrogen-bond acceptors (Lipinski definition) is 5. The second kappa shape index (κ2) is 5.86. The Bertz CT molecular complexity index is 1030. The van der Waals surface area contributed by atoms with Crippen LogP contribution in [0.2, 0.25) is 0 Å². The lowest BCUT2D eigenvalue weighted by atomic mass is 10.00. The number of fused-ring (bicyclic) bond motifs is 1. The van der Waals surface area contributed by atoms with Gasteiger partial charge in [-0.05, 0) is 19.8 Å². The first-order valence-electron chi connectivity index (χ1n) is 8.00. The van der Waals surface area contributed by atoms with Crippen molar-refractivity contribution in [3.8, 4) is 17.3 Å². The number of nitrogens with zero attached hydrogens (tertiary/aromatic N) is 5. The van der Waals surface area contributed by atoms with E-state index in [9.17, 15) is 15.2 Å². The van der Waals surface area contributed by atoms with E-state index in [0.29, 0.717) is 28.0 Å². The lowest BCUT2D eigenvalue weighted by molar-refractivity contribution is 0.152. The van der Waals surface area contributed by atoms with Gasteiger partial charge in [0.15, 0.2) is 5.65 Å². The van der Waals surface area contributed by atoms with Gasteiger partial charge in [-0.25, -0.2) is 9.50 Å². The Hall–Kier alpha value is -2.92. The van der Waals surface area contributed by atoms with Gasteiger partial charge in [-0.3, -0.25) is 14.6 Å². The SMILES string of the molecule is CC(C)c1c(-c2cnn(C(C)(C)CO)c2)nc2c(C#N)c[nH]n2c1=O. The first-order valence-corrected chi connectivity index (χ1v) is 8.00. The normalized spacial score (nSPS) is 12.0. The highest BCUT2D eigenvalue weighted by atomic mass is 16.3. The fourth-order valence-corrected chi connectivity index (χ4v) is 2.70. The van der Waals surface area contributed by atoms with Crippen LogP contribution < -0.4 is 5.56 Å². The largest absolute Gasteiger partial charge is 0.394 e. The van der Waals surface area contributed by atoms with Crippen molar-refractivity contribution in [2.45, 2.75) is 39.2 Å². The van der Waals surface area contributed by atoms with E-state index in [1.807, 2.05) is 33.8 Å². The molecule has 0 spiro atoms. The monoisotopic (exact) mass is 340 g/mol. The number of H-pyrrole nitrogens is 1. The van der Waals surface area contributed by atoms with Crippen molar-refractivity contribution in [2.75, 3.05) is 6.61 Å². The molecule has 0 amide bonds. The average molecular weight is 340 g/mol. The Kier molecular flexibility index (Phi) is 3.97. The van der Waals surface area contributed by atoms with E-state index in [4.69, 9.17) is 0 Å². The number of nitriles is 1. The molecule has 0 aromatic carbocycles. The standard InChI is InChI=1S/C17H20N6O2/c1-10(2)13-14(12-7-19-22(8-12)17(3,4)9-24)21-15-11(5-18)6-20-23(15)16(13)25/h6-8,10,20,24H,9H2,1-4H3. The van der Waals surface area contributed by atoms with E-state index in [0.717, 1.165) is 0 Å². The zero-order valence-electron chi connectivity index (χ0n) is 14.6. The Morgan fingerprint density at radius 3 is 2.76 bits per heavy atom. The molecule has 0 aliphatic heterocycles. The molecule has 0 bridgehead atoms. The molecule has 25 heavy (non-hydrogen) atoms. The number of aromatic nitrogens is 5. The number of aliphatic hydroxyl groups is 1. The van der Waals surface area contributed by atoms with Crippen LogP contribution in [0.25, 0.3) is 16.9 Å². The van der Waals surface area contributed by atoms with Crippen LogP contribution in [-0.4, -0.2) is 36.1 Å². The summed E-state index contributed by atoms with van der Waals surface area (Å²) >= 11 is 0. The molecule has 3 rings (SSSR count). The molecule has 3 heterocycles. The average Bonchev–Trinajstić information content (AvgIpc) is 3.21. The molecule has 130 valence electrons. The zero-order chi connectivity index (χ0) is 18.4. The summed E-state index contributed by atoms with van der Waals surface area (Å²) in [7, 11) is 0. The highest BCUT2D eigenvalue weighted by molar-refractivity contribution is 5.67. The van der Waals surface area contributed by atoms with E-state index < -0.39 is 5.54 Å². The third-order valence-corrected chi connectivity index (χ3v) is 4.26. The van der Waals surface area contributed by atoms with Gasteiger partial charge in [0.25, 0.3) is 5.56 Å². The maximum Gasteiger partial charge on any atom is 0.276 e. The molecule has 2 N–H and O–H groups in total. The first kappa shape index (κ1) is 16.9. The summed E-state index contributed by atoms with van der Waals surface area (Å²) in [6, 6.07) is 2.04.